The maximum atomic E-state index is 13.0. The Kier molecular flexibility index (Phi) is 3.91. The van der Waals surface area contributed by atoms with E-state index in [0.29, 0.717) is 5.56 Å². The van der Waals surface area contributed by atoms with Crippen molar-refractivity contribution in [2.24, 2.45) is 0 Å². The number of benzene rings is 1. The molecule has 1 atom stereocenters. The van der Waals surface area contributed by atoms with Crippen molar-refractivity contribution in [1.82, 2.24) is 4.98 Å². The molecule has 0 N–H and O–H groups in total. The highest BCUT2D eigenvalue weighted by molar-refractivity contribution is 6.31. The summed E-state index contributed by atoms with van der Waals surface area (Å²) in [5, 5.41) is 0.242. The van der Waals surface area contributed by atoms with Crippen LogP contribution in [0.5, 0.6) is 5.88 Å². The predicted molar refractivity (Wildman–Crippen MR) is 82.8 cm³/mol. The number of nitrogens with zero attached hydrogens (tertiary/aromatic N) is 2. The summed E-state index contributed by atoms with van der Waals surface area (Å²) < 4.78 is 44.2. The summed E-state index contributed by atoms with van der Waals surface area (Å²) in [5.74, 6) is -0.845. The van der Waals surface area contributed by atoms with E-state index in [4.69, 9.17) is 16.3 Å². The number of carbonyl (C=O) groups excluding carboxylic acids is 1. The molecule has 126 valence electrons. The fraction of sp³-hybridized carbons (Fsp3) is 0.250. The lowest BCUT2D eigenvalue weighted by Crippen LogP contribution is -2.23. The molecule has 0 radical (unpaired) electrons. The zero-order valence-corrected chi connectivity index (χ0v) is 13.4. The highest BCUT2D eigenvalue weighted by Gasteiger charge is 2.40. The molecule has 0 aliphatic carbocycles. The summed E-state index contributed by atoms with van der Waals surface area (Å²) in [5.41, 5.74) is 0.0433. The minimum atomic E-state index is -4.51. The standard InChI is InChI=1S/C16H12ClF3N2O2/c1-8-11-4-3-9(16(18,19)20)5-12(11)22(15(8)23)13-6-10(17)7-21-14(13)24-2/h3-8H,1-2H3. The molecule has 0 fully saturated rings. The van der Waals surface area contributed by atoms with Crippen molar-refractivity contribution in [3.8, 4) is 5.88 Å². The average Bonchev–Trinajstić information content (AvgIpc) is 2.77. The van der Waals surface area contributed by atoms with E-state index in [-0.39, 0.29) is 28.2 Å². The maximum Gasteiger partial charge on any atom is 0.416 e. The van der Waals surface area contributed by atoms with Crippen molar-refractivity contribution >= 4 is 28.9 Å². The summed E-state index contributed by atoms with van der Waals surface area (Å²) in [6, 6.07) is 4.69. The Morgan fingerprint density at radius 3 is 2.58 bits per heavy atom. The third-order valence-corrected chi connectivity index (χ3v) is 4.10. The van der Waals surface area contributed by atoms with Crippen LogP contribution in [0.25, 0.3) is 0 Å². The Hall–Kier alpha value is -2.28. The molecule has 2 aromatic rings. The van der Waals surface area contributed by atoms with Gasteiger partial charge >= 0.3 is 6.18 Å². The van der Waals surface area contributed by atoms with Gasteiger partial charge in [-0.3, -0.25) is 9.69 Å². The molecule has 24 heavy (non-hydrogen) atoms. The molecule has 4 nitrogen and oxygen atoms in total. The van der Waals surface area contributed by atoms with Crippen LogP contribution in [0.3, 0.4) is 0 Å². The lowest BCUT2D eigenvalue weighted by Gasteiger charge is -2.20. The smallest absolute Gasteiger partial charge is 0.416 e. The second-order valence-corrected chi connectivity index (χ2v) is 5.79. The molecule has 1 unspecified atom stereocenters. The number of ether oxygens (including phenoxy) is 1. The number of hydrogen-bond acceptors (Lipinski definition) is 3. The number of rotatable bonds is 2. The lowest BCUT2D eigenvalue weighted by atomic mass is 10.0. The molecule has 8 heteroatoms. The van der Waals surface area contributed by atoms with Crippen molar-refractivity contribution in [2.45, 2.75) is 19.0 Å². The number of carbonyl (C=O) groups is 1. The Labute approximate surface area is 140 Å². The van der Waals surface area contributed by atoms with Crippen LogP contribution in [0, 0.1) is 0 Å². The molecule has 0 spiro atoms. The van der Waals surface area contributed by atoms with Crippen LogP contribution >= 0.6 is 11.6 Å². The minimum Gasteiger partial charge on any atom is -0.479 e. The molecule has 1 amide bonds. The van der Waals surface area contributed by atoms with Gasteiger partial charge in [-0.15, -0.1) is 0 Å². The number of halogens is 4. The van der Waals surface area contributed by atoms with E-state index in [1.54, 1.807) is 6.92 Å². The van der Waals surface area contributed by atoms with Crippen molar-refractivity contribution in [3.05, 3.63) is 46.6 Å². The topological polar surface area (TPSA) is 42.4 Å². The third-order valence-electron chi connectivity index (χ3n) is 3.89. The number of fused-ring (bicyclic) bond motifs is 1. The molecular weight excluding hydrogens is 345 g/mol. The molecule has 1 aliphatic rings. The SMILES string of the molecule is COc1ncc(Cl)cc1N1C(=O)C(C)c2ccc(C(F)(F)F)cc21. The molecule has 2 heterocycles. The summed E-state index contributed by atoms with van der Waals surface area (Å²) in [4.78, 5) is 17.8. The van der Waals surface area contributed by atoms with Gasteiger partial charge in [0.05, 0.1) is 29.3 Å². The van der Waals surface area contributed by atoms with E-state index in [2.05, 4.69) is 4.98 Å². The van der Waals surface area contributed by atoms with Crippen molar-refractivity contribution in [3.63, 3.8) is 0 Å². The summed E-state index contributed by atoms with van der Waals surface area (Å²) >= 11 is 5.93. The molecule has 1 aliphatic heterocycles. The van der Waals surface area contributed by atoms with Gasteiger partial charge in [0.1, 0.15) is 5.69 Å². The highest BCUT2D eigenvalue weighted by atomic mass is 35.5. The monoisotopic (exact) mass is 356 g/mol. The van der Waals surface area contributed by atoms with Crippen LogP contribution in [-0.4, -0.2) is 18.0 Å². The first-order chi connectivity index (χ1) is 11.2. The van der Waals surface area contributed by atoms with Crippen LogP contribution < -0.4 is 9.64 Å². The van der Waals surface area contributed by atoms with E-state index in [0.717, 1.165) is 12.1 Å². The van der Waals surface area contributed by atoms with Gasteiger partial charge in [-0.2, -0.15) is 13.2 Å². The second kappa shape index (κ2) is 5.66. The van der Waals surface area contributed by atoms with Crippen LogP contribution in [-0.2, 0) is 11.0 Å². The molecular formula is C16H12ClF3N2O2. The fourth-order valence-electron chi connectivity index (χ4n) is 2.71. The normalized spacial score (nSPS) is 17.2. The zero-order valence-electron chi connectivity index (χ0n) is 12.7. The number of methoxy groups -OCH3 is 1. The molecule has 0 saturated carbocycles. The fourth-order valence-corrected chi connectivity index (χ4v) is 2.86. The predicted octanol–water partition coefficient (Wildman–Crippen LogP) is 4.54. The first-order valence-corrected chi connectivity index (χ1v) is 7.36. The summed E-state index contributed by atoms with van der Waals surface area (Å²) in [6.07, 6.45) is -3.17. The number of pyridine rings is 1. The summed E-state index contributed by atoms with van der Waals surface area (Å²) in [6.45, 7) is 1.64. The molecule has 3 rings (SSSR count). The van der Waals surface area contributed by atoms with Gasteiger partial charge in [-0.1, -0.05) is 17.7 Å². The molecule has 1 aromatic carbocycles. The van der Waals surface area contributed by atoms with Gasteiger partial charge in [0.25, 0.3) is 0 Å². The first-order valence-electron chi connectivity index (χ1n) is 6.98. The van der Waals surface area contributed by atoms with Crippen LogP contribution in [0.2, 0.25) is 5.02 Å². The number of amides is 1. The van der Waals surface area contributed by atoms with E-state index in [1.165, 1.54) is 30.3 Å². The van der Waals surface area contributed by atoms with Crippen molar-refractivity contribution in [2.75, 3.05) is 12.0 Å². The Bertz CT molecular complexity index is 823. The summed E-state index contributed by atoms with van der Waals surface area (Å²) in [7, 11) is 1.36. The average molecular weight is 357 g/mol. The maximum absolute atomic E-state index is 13.0. The number of anilines is 2. The largest absolute Gasteiger partial charge is 0.479 e. The van der Waals surface area contributed by atoms with Crippen molar-refractivity contribution in [1.29, 1.82) is 0 Å². The Morgan fingerprint density at radius 2 is 1.96 bits per heavy atom. The lowest BCUT2D eigenvalue weighted by molar-refractivity contribution is -0.137. The number of hydrogen-bond donors (Lipinski definition) is 0. The second-order valence-electron chi connectivity index (χ2n) is 5.35. The van der Waals surface area contributed by atoms with Crippen LogP contribution in [0.15, 0.2) is 30.5 Å². The van der Waals surface area contributed by atoms with Gasteiger partial charge in [0.15, 0.2) is 0 Å². The molecule has 0 saturated heterocycles. The van der Waals surface area contributed by atoms with Crippen molar-refractivity contribution < 1.29 is 22.7 Å². The van der Waals surface area contributed by atoms with Gasteiger partial charge < -0.3 is 4.74 Å². The number of alkyl halides is 3. The third kappa shape index (κ3) is 2.58. The zero-order chi connectivity index (χ0) is 17.6. The molecule has 0 bridgehead atoms. The van der Waals surface area contributed by atoms with E-state index < -0.39 is 17.7 Å². The van der Waals surface area contributed by atoms with Crippen LogP contribution in [0.1, 0.15) is 24.0 Å². The quantitative estimate of drug-likeness (QED) is 0.793. The van der Waals surface area contributed by atoms with Crippen LogP contribution in [0.4, 0.5) is 24.5 Å². The first kappa shape index (κ1) is 16.6. The Balaban J connectivity index is 2.22. The Morgan fingerprint density at radius 1 is 1.25 bits per heavy atom. The van der Waals surface area contributed by atoms with E-state index in [1.807, 2.05) is 0 Å². The van der Waals surface area contributed by atoms with Gasteiger partial charge in [0.2, 0.25) is 11.8 Å². The van der Waals surface area contributed by atoms with E-state index >= 15 is 0 Å². The molecule has 1 aromatic heterocycles. The number of aromatic nitrogens is 1. The highest BCUT2D eigenvalue weighted by Crippen LogP contribution is 2.46. The van der Waals surface area contributed by atoms with E-state index in [9.17, 15) is 18.0 Å². The minimum absolute atomic E-state index is 0.102. The van der Waals surface area contributed by atoms with Gasteiger partial charge in [0, 0.05) is 6.20 Å². The van der Waals surface area contributed by atoms with Gasteiger partial charge in [-0.05, 0) is 30.7 Å². The van der Waals surface area contributed by atoms with Gasteiger partial charge in [-0.25, -0.2) is 4.98 Å².